The minimum absolute atomic E-state index is 0.0464. The number of amides is 2. The standard InChI is InChI=1S/C19H26N2O4/c1-3-25-19(24)16-10-7-11-21(13-16)17(22)12-14(2)20-18(23)15-8-5-4-6-9-15/h4-6,8-9,14,16H,3,7,10-13H2,1-2H3,(H,20,23). The average molecular weight is 346 g/mol. The minimum atomic E-state index is -0.275. The Bertz CT molecular complexity index is 603. The quantitative estimate of drug-likeness (QED) is 0.800. The lowest BCUT2D eigenvalue weighted by Gasteiger charge is -2.32. The first kappa shape index (κ1) is 19.0. The van der Waals surface area contributed by atoms with Crippen LogP contribution in [0.15, 0.2) is 30.3 Å². The van der Waals surface area contributed by atoms with Crippen LogP contribution in [0.3, 0.4) is 0 Å². The van der Waals surface area contributed by atoms with Crippen molar-refractivity contribution in [3.8, 4) is 0 Å². The second-order valence-corrected chi connectivity index (χ2v) is 6.38. The van der Waals surface area contributed by atoms with Crippen LogP contribution in [-0.4, -0.2) is 48.4 Å². The van der Waals surface area contributed by atoms with Crippen molar-refractivity contribution in [3.63, 3.8) is 0 Å². The summed E-state index contributed by atoms with van der Waals surface area (Å²) in [7, 11) is 0. The molecule has 0 spiro atoms. The molecule has 2 rings (SSSR count). The van der Waals surface area contributed by atoms with Gasteiger partial charge in [0.1, 0.15) is 0 Å². The van der Waals surface area contributed by atoms with Gasteiger partial charge >= 0.3 is 5.97 Å². The summed E-state index contributed by atoms with van der Waals surface area (Å²) in [6.07, 6.45) is 1.76. The Kier molecular flexibility index (Phi) is 6.98. The Labute approximate surface area is 148 Å². The van der Waals surface area contributed by atoms with Crippen LogP contribution < -0.4 is 5.32 Å². The first-order chi connectivity index (χ1) is 12.0. The SMILES string of the molecule is CCOC(=O)C1CCCN(C(=O)CC(C)NC(=O)c2ccccc2)C1. The lowest BCUT2D eigenvalue weighted by atomic mass is 9.97. The predicted octanol–water partition coefficient (Wildman–Crippen LogP) is 2.00. The number of carbonyl (C=O) groups excluding carboxylic acids is 3. The number of nitrogens with zero attached hydrogens (tertiary/aromatic N) is 1. The van der Waals surface area contributed by atoms with Gasteiger partial charge in [0.15, 0.2) is 0 Å². The number of hydrogen-bond acceptors (Lipinski definition) is 4. The molecule has 2 unspecified atom stereocenters. The molecule has 1 aromatic carbocycles. The first-order valence-corrected chi connectivity index (χ1v) is 8.81. The van der Waals surface area contributed by atoms with Gasteiger partial charge in [-0.3, -0.25) is 14.4 Å². The van der Waals surface area contributed by atoms with Gasteiger partial charge in [0, 0.05) is 31.1 Å². The van der Waals surface area contributed by atoms with Gasteiger partial charge in [0.2, 0.25) is 5.91 Å². The van der Waals surface area contributed by atoms with E-state index < -0.39 is 0 Å². The first-order valence-electron chi connectivity index (χ1n) is 8.81. The Balaban J connectivity index is 1.84. The molecule has 1 aromatic rings. The molecule has 0 radical (unpaired) electrons. The molecular weight excluding hydrogens is 320 g/mol. The molecule has 136 valence electrons. The number of nitrogens with one attached hydrogen (secondary N) is 1. The Morgan fingerprint density at radius 1 is 1.28 bits per heavy atom. The average Bonchev–Trinajstić information content (AvgIpc) is 2.62. The number of carbonyl (C=O) groups is 3. The lowest BCUT2D eigenvalue weighted by Crippen LogP contribution is -2.45. The third-order valence-electron chi connectivity index (χ3n) is 4.29. The number of likely N-dealkylation sites (tertiary alicyclic amines) is 1. The van der Waals surface area contributed by atoms with E-state index in [-0.39, 0.29) is 36.2 Å². The fourth-order valence-corrected chi connectivity index (χ4v) is 2.99. The predicted molar refractivity (Wildman–Crippen MR) is 93.9 cm³/mol. The zero-order valence-electron chi connectivity index (χ0n) is 14.9. The van der Waals surface area contributed by atoms with Gasteiger partial charge in [-0.2, -0.15) is 0 Å². The van der Waals surface area contributed by atoms with Crippen molar-refractivity contribution < 1.29 is 19.1 Å². The zero-order valence-corrected chi connectivity index (χ0v) is 14.9. The van der Waals surface area contributed by atoms with Crippen LogP contribution in [0.5, 0.6) is 0 Å². The summed E-state index contributed by atoms with van der Waals surface area (Å²) in [5.74, 6) is -0.712. The molecule has 1 heterocycles. The highest BCUT2D eigenvalue weighted by atomic mass is 16.5. The fraction of sp³-hybridized carbons (Fsp3) is 0.526. The largest absolute Gasteiger partial charge is 0.466 e. The number of esters is 1. The molecule has 0 aliphatic carbocycles. The van der Waals surface area contributed by atoms with Gasteiger partial charge in [0.25, 0.3) is 5.91 Å². The van der Waals surface area contributed by atoms with Crippen LogP contribution in [0.2, 0.25) is 0 Å². The summed E-state index contributed by atoms with van der Waals surface area (Å²) in [6.45, 7) is 4.99. The second-order valence-electron chi connectivity index (χ2n) is 6.38. The van der Waals surface area contributed by atoms with Gasteiger partial charge in [0.05, 0.1) is 12.5 Å². The van der Waals surface area contributed by atoms with Crippen molar-refractivity contribution in [1.82, 2.24) is 10.2 Å². The molecule has 1 aliphatic heterocycles. The van der Waals surface area contributed by atoms with E-state index in [2.05, 4.69) is 5.32 Å². The number of hydrogen-bond donors (Lipinski definition) is 1. The van der Waals surface area contributed by atoms with Gasteiger partial charge < -0.3 is 15.0 Å². The van der Waals surface area contributed by atoms with E-state index in [0.717, 1.165) is 12.8 Å². The second kappa shape index (κ2) is 9.20. The van der Waals surface area contributed by atoms with Gasteiger partial charge in [-0.15, -0.1) is 0 Å². The summed E-state index contributed by atoms with van der Waals surface area (Å²) >= 11 is 0. The maximum absolute atomic E-state index is 12.5. The lowest BCUT2D eigenvalue weighted by molar-refractivity contribution is -0.151. The Morgan fingerprint density at radius 3 is 2.68 bits per heavy atom. The molecule has 6 heteroatoms. The Hall–Kier alpha value is -2.37. The van der Waals surface area contributed by atoms with Crippen molar-refractivity contribution in [3.05, 3.63) is 35.9 Å². The molecule has 1 saturated heterocycles. The molecule has 0 saturated carbocycles. The van der Waals surface area contributed by atoms with Crippen molar-refractivity contribution in [2.24, 2.45) is 5.92 Å². The summed E-state index contributed by atoms with van der Waals surface area (Å²) < 4.78 is 5.06. The third-order valence-corrected chi connectivity index (χ3v) is 4.29. The van der Waals surface area contributed by atoms with Gasteiger partial charge in [-0.25, -0.2) is 0 Å². The summed E-state index contributed by atoms with van der Waals surface area (Å²) in [4.78, 5) is 38.2. The van der Waals surface area contributed by atoms with E-state index in [1.54, 1.807) is 36.1 Å². The van der Waals surface area contributed by atoms with E-state index in [4.69, 9.17) is 4.74 Å². The molecule has 2 atom stereocenters. The van der Waals surface area contributed by atoms with E-state index in [1.165, 1.54) is 0 Å². The maximum Gasteiger partial charge on any atom is 0.310 e. The molecule has 0 aromatic heterocycles. The molecule has 1 N–H and O–H groups in total. The van der Waals surface area contributed by atoms with Crippen LogP contribution in [0.1, 0.15) is 43.5 Å². The summed E-state index contributed by atoms with van der Waals surface area (Å²) in [5.41, 5.74) is 0.571. The zero-order chi connectivity index (χ0) is 18.2. The fourth-order valence-electron chi connectivity index (χ4n) is 2.99. The summed E-state index contributed by atoms with van der Waals surface area (Å²) in [5, 5.41) is 2.84. The molecule has 6 nitrogen and oxygen atoms in total. The number of ether oxygens (including phenoxy) is 1. The van der Waals surface area contributed by atoms with Gasteiger partial charge in [-0.05, 0) is 38.8 Å². The van der Waals surface area contributed by atoms with E-state index in [9.17, 15) is 14.4 Å². The highest BCUT2D eigenvalue weighted by molar-refractivity contribution is 5.94. The molecule has 1 aliphatic rings. The highest BCUT2D eigenvalue weighted by Crippen LogP contribution is 2.19. The Morgan fingerprint density at radius 2 is 2.00 bits per heavy atom. The van der Waals surface area contributed by atoms with Crippen LogP contribution in [0.25, 0.3) is 0 Å². The summed E-state index contributed by atoms with van der Waals surface area (Å²) in [6, 6.07) is 8.64. The van der Waals surface area contributed by atoms with Crippen molar-refractivity contribution in [2.45, 2.75) is 39.2 Å². The van der Waals surface area contributed by atoms with Crippen LogP contribution in [0, 0.1) is 5.92 Å². The molecule has 25 heavy (non-hydrogen) atoms. The van der Waals surface area contributed by atoms with Crippen molar-refractivity contribution in [1.29, 1.82) is 0 Å². The van der Waals surface area contributed by atoms with Crippen LogP contribution in [-0.2, 0) is 14.3 Å². The van der Waals surface area contributed by atoms with E-state index >= 15 is 0 Å². The molecule has 0 bridgehead atoms. The topological polar surface area (TPSA) is 75.7 Å². The third kappa shape index (κ3) is 5.59. The van der Waals surface area contributed by atoms with E-state index in [1.807, 2.05) is 13.0 Å². The van der Waals surface area contributed by atoms with E-state index in [0.29, 0.717) is 25.3 Å². The normalized spacial score (nSPS) is 18.3. The number of benzene rings is 1. The van der Waals surface area contributed by atoms with Crippen molar-refractivity contribution >= 4 is 17.8 Å². The van der Waals surface area contributed by atoms with Crippen LogP contribution >= 0.6 is 0 Å². The smallest absolute Gasteiger partial charge is 0.310 e. The number of rotatable bonds is 6. The molecule has 1 fully saturated rings. The highest BCUT2D eigenvalue weighted by Gasteiger charge is 2.29. The van der Waals surface area contributed by atoms with Crippen LogP contribution in [0.4, 0.5) is 0 Å². The minimum Gasteiger partial charge on any atom is -0.466 e. The molecular formula is C19H26N2O4. The number of piperidine rings is 1. The maximum atomic E-state index is 12.5. The van der Waals surface area contributed by atoms with Crippen molar-refractivity contribution in [2.75, 3.05) is 19.7 Å². The molecule has 2 amide bonds. The van der Waals surface area contributed by atoms with Gasteiger partial charge in [-0.1, -0.05) is 18.2 Å². The monoisotopic (exact) mass is 346 g/mol.